The Balaban J connectivity index is 1.54. The van der Waals surface area contributed by atoms with Crippen molar-refractivity contribution in [3.8, 4) is 11.3 Å². The molecule has 0 aliphatic rings. The number of hydrogen-bond donors (Lipinski definition) is 1. The van der Waals surface area contributed by atoms with E-state index >= 15 is 0 Å². The summed E-state index contributed by atoms with van der Waals surface area (Å²) in [4.78, 5) is 20.5. The first-order valence-electron chi connectivity index (χ1n) is 11.2. The van der Waals surface area contributed by atoms with E-state index in [0.717, 1.165) is 49.9 Å². The monoisotopic (exact) mass is 464 g/mol. The van der Waals surface area contributed by atoms with E-state index in [1.54, 1.807) is 11.8 Å². The molecule has 0 aliphatic carbocycles. The number of nitrogens with one attached hydrogen (secondary N) is 1. The number of para-hydroxylation sites is 2. The van der Waals surface area contributed by atoms with Crippen LogP contribution >= 0.6 is 11.8 Å². The van der Waals surface area contributed by atoms with Crippen molar-refractivity contribution in [3.63, 3.8) is 0 Å². The van der Waals surface area contributed by atoms with E-state index in [4.69, 9.17) is 4.98 Å². The smallest absolute Gasteiger partial charge is 0.256 e. The molecular weight excluding hydrogens is 440 g/mol. The van der Waals surface area contributed by atoms with Crippen molar-refractivity contribution in [2.75, 3.05) is 5.32 Å². The topological polar surface area (TPSA) is 59.8 Å². The van der Waals surface area contributed by atoms with Gasteiger partial charge in [0.2, 0.25) is 0 Å². The molecule has 0 spiro atoms. The highest BCUT2D eigenvalue weighted by Gasteiger charge is 2.18. The van der Waals surface area contributed by atoms with Crippen LogP contribution < -0.4 is 5.32 Å². The third-order valence-electron chi connectivity index (χ3n) is 5.75. The van der Waals surface area contributed by atoms with Crippen LogP contribution in [-0.2, 0) is 6.54 Å². The second-order valence-corrected chi connectivity index (χ2v) is 9.01. The Morgan fingerprint density at radius 3 is 2.50 bits per heavy atom. The van der Waals surface area contributed by atoms with Gasteiger partial charge in [-0.2, -0.15) is 5.10 Å². The number of nitrogens with zero attached hydrogens (tertiary/aromatic N) is 3. The summed E-state index contributed by atoms with van der Waals surface area (Å²) < 4.78 is 1.93. The predicted octanol–water partition coefficient (Wildman–Crippen LogP) is 6.83. The van der Waals surface area contributed by atoms with Crippen LogP contribution in [0.1, 0.15) is 23.0 Å². The highest BCUT2D eigenvalue weighted by Crippen LogP contribution is 2.34. The molecule has 5 rings (SSSR count). The quantitative estimate of drug-likeness (QED) is 0.299. The molecule has 0 radical (unpaired) electrons. The molecule has 0 fully saturated rings. The lowest BCUT2D eigenvalue weighted by atomic mass is 10.0. The summed E-state index contributed by atoms with van der Waals surface area (Å²) in [5.74, 6) is -0.165. The summed E-state index contributed by atoms with van der Waals surface area (Å²) in [6.45, 7) is 4.86. The minimum absolute atomic E-state index is 0.165. The van der Waals surface area contributed by atoms with Gasteiger partial charge in [-0.3, -0.25) is 9.48 Å². The molecule has 2 heterocycles. The molecule has 168 valence electrons. The summed E-state index contributed by atoms with van der Waals surface area (Å²) in [5.41, 5.74) is 4.85. The fourth-order valence-electron chi connectivity index (χ4n) is 3.98. The van der Waals surface area contributed by atoms with E-state index in [9.17, 15) is 4.79 Å². The van der Waals surface area contributed by atoms with Crippen molar-refractivity contribution >= 4 is 34.3 Å². The van der Waals surface area contributed by atoms with E-state index in [-0.39, 0.29) is 5.91 Å². The minimum atomic E-state index is -0.165. The first kappa shape index (κ1) is 21.9. The Labute approximate surface area is 202 Å². The van der Waals surface area contributed by atoms with Crippen LogP contribution in [0.3, 0.4) is 0 Å². The molecule has 2 aromatic heterocycles. The average molecular weight is 465 g/mol. The van der Waals surface area contributed by atoms with Gasteiger partial charge in [-0.05, 0) is 50.2 Å². The Bertz CT molecular complexity index is 1480. The molecule has 0 saturated carbocycles. The summed E-state index contributed by atoms with van der Waals surface area (Å²) in [7, 11) is 0. The predicted molar refractivity (Wildman–Crippen MR) is 138 cm³/mol. The summed E-state index contributed by atoms with van der Waals surface area (Å²) >= 11 is 1.62. The second-order valence-electron chi connectivity index (χ2n) is 7.90. The van der Waals surface area contributed by atoms with Gasteiger partial charge in [-0.25, -0.2) is 4.98 Å². The van der Waals surface area contributed by atoms with Crippen molar-refractivity contribution in [1.82, 2.24) is 14.8 Å². The number of aryl methyl sites for hydroxylation is 1. The zero-order valence-electron chi connectivity index (χ0n) is 19.0. The summed E-state index contributed by atoms with van der Waals surface area (Å²) in [5, 5.41) is 8.42. The maximum Gasteiger partial charge on any atom is 0.256 e. The second kappa shape index (κ2) is 9.53. The molecule has 0 aliphatic heterocycles. The summed E-state index contributed by atoms with van der Waals surface area (Å²) in [6.07, 6.45) is 1.82. The molecule has 34 heavy (non-hydrogen) atoms. The van der Waals surface area contributed by atoms with E-state index in [0.29, 0.717) is 5.56 Å². The van der Waals surface area contributed by atoms with Gasteiger partial charge < -0.3 is 5.32 Å². The third-order valence-corrected chi connectivity index (χ3v) is 6.83. The van der Waals surface area contributed by atoms with Gasteiger partial charge in [0.25, 0.3) is 5.91 Å². The number of benzene rings is 3. The molecule has 1 N–H and O–H groups in total. The number of pyridine rings is 1. The number of anilines is 1. The number of carbonyl (C=O) groups is 1. The summed E-state index contributed by atoms with van der Waals surface area (Å²) in [6, 6.07) is 27.6. The van der Waals surface area contributed by atoms with Crippen LogP contribution in [0.4, 0.5) is 5.69 Å². The number of carbonyl (C=O) groups excluding carboxylic acids is 1. The number of hydrogen-bond acceptors (Lipinski definition) is 4. The fraction of sp³-hybridized carbons (Fsp3) is 0.107. The lowest BCUT2D eigenvalue weighted by Crippen LogP contribution is -2.13. The largest absolute Gasteiger partial charge is 0.321 e. The molecule has 6 heteroatoms. The van der Waals surface area contributed by atoms with Gasteiger partial charge in [-0.1, -0.05) is 60.3 Å². The SMILES string of the molecule is CCn1ncc(-c2cc(C(=O)Nc3ccccc3Sc3ccccc3)c3ccccc3n2)c1C. The fourth-order valence-corrected chi connectivity index (χ4v) is 4.90. The van der Waals surface area contributed by atoms with Gasteiger partial charge in [0.1, 0.15) is 0 Å². The van der Waals surface area contributed by atoms with E-state index < -0.39 is 0 Å². The van der Waals surface area contributed by atoms with Crippen molar-refractivity contribution in [3.05, 3.63) is 102 Å². The van der Waals surface area contributed by atoms with E-state index in [1.165, 1.54) is 0 Å². The normalized spacial score (nSPS) is 11.0. The number of aromatic nitrogens is 3. The molecule has 0 atom stereocenters. The first-order valence-corrected chi connectivity index (χ1v) is 12.0. The molecule has 1 amide bonds. The van der Waals surface area contributed by atoms with Crippen molar-refractivity contribution in [1.29, 1.82) is 0 Å². The first-order chi connectivity index (χ1) is 16.6. The van der Waals surface area contributed by atoms with Crippen LogP contribution in [0, 0.1) is 6.92 Å². The van der Waals surface area contributed by atoms with Crippen LogP contribution in [0.15, 0.2) is 101 Å². The third kappa shape index (κ3) is 4.32. The van der Waals surface area contributed by atoms with Gasteiger partial charge in [-0.15, -0.1) is 0 Å². The van der Waals surface area contributed by atoms with Crippen LogP contribution in [0.2, 0.25) is 0 Å². The van der Waals surface area contributed by atoms with E-state index in [2.05, 4.69) is 29.5 Å². The average Bonchev–Trinajstić information content (AvgIpc) is 3.25. The van der Waals surface area contributed by atoms with Crippen molar-refractivity contribution < 1.29 is 4.79 Å². The molecule has 0 unspecified atom stereocenters. The Morgan fingerprint density at radius 1 is 0.971 bits per heavy atom. The van der Waals surface area contributed by atoms with Crippen molar-refractivity contribution in [2.24, 2.45) is 0 Å². The molecule has 3 aromatic carbocycles. The number of fused-ring (bicyclic) bond motifs is 1. The van der Waals surface area contributed by atoms with Crippen LogP contribution in [0.25, 0.3) is 22.2 Å². The molecule has 5 aromatic rings. The molecule has 0 saturated heterocycles. The Hall–Kier alpha value is -3.90. The maximum absolute atomic E-state index is 13.6. The van der Waals surface area contributed by atoms with Crippen LogP contribution in [0.5, 0.6) is 0 Å². The zero-order valence-corrected chi connectivity index (χ0v) is 19.8. The van der Waals surface area contributed by atoms with Gasteiger partial charge in [0.15, 0.2) is 0 Å². The molecule has 5 nitrogen and oxygen atoms in total. The Morgan fingerprint density at radius 2 is 1.71 bits per heavy atom. The number of amides is 1. The van der Waals surface area contributed by atoms with Crippen LogP contribution in [-0.4, -0.2) is 20.7 Å². The van der Waals surface area contributed by atoms with Crippen molar-refractivity contribution in [2.45, 2.75) is 30.2 Å². The Kier molecular flexibility index (Phi) is 6.14. The highest BCUT2D eigenvalue weighted by atomic mass is 32.2. The number of rotatable bonds is 6. The minimum Gasteiger partial charge on any atom is -0.321 e. The van der Waals surface area contributed by atoms with Gasteiger partial charge in [0.05, 0.1) is 28.7 Å². The molecule has 0 bridgehead atoms. The van der Waals surface area contributed by atoms with E-state index in [1.807, 2.05) is 90.6 Å². The molecular formula is C28H24N4OS. The van der Waals surface area contributed by atoms with Gasteiger partial charge in [0, 0.05) is 33.0 Å². The lowest BCUT2D eigenvalue weighted by molar-refractivity contribution is 0.102. The maximum atomic E-state index is 13.6. The standard InChI is InChI=1S/C28H24N4OS/c1-3-32-19(2)23(18-29-32)26-17-22(21-13-7-8-14-24(21)30-26)28(33)31-25-15-9-10-16-27(25)34-20-11-5-4-6-12-20/h4-18H,3H2,1-2H3,(H,31,33). The zero-order chi connectivity index (χ0) is 23.5. The highest BCUT2D eigenvalue weighted by molar-refractivity contribution is 7.99. The lowest BCUT2D eigenvalue weighted by Gasteiger charge is -2.13. The van der Waals surface area contributed by atoms with Gasteiger partial charge >= 0.3 is 0 Å².